The molecule has 1 heterocycles. The van der Waals surface area contributed by atoms with Crippen molar-refractivity contribution >= 4 is 34.4 Å². The van der Waals surface area contributed by atoms with E-state index in [-0.39, 0.29) is 34.5 Å². The lowest BCUT2D eigenvalue weighted by Crippen LogP contribution is -2.20. The zero-order valence-electron chi connectivity index (χ0n) is 25.4. The Morgan fingerprint density at radius 1 is 1.02 bits per heavy atom. The number of rotatable bonds is 10. The standard InChI is InChI=1S/C34H31ClN4O6/c1-20(2)26-17-27(21(3)13-30(26)43-4)33-37-29-12-7-6-11-25(29)34(40)38(33)36-18-23-15-28(35)32(31(16-23)44-5)45-19-22-9-8-10-24(14-22)39(41)42/h6-18,20H,19H2,1-5H3. The highest BCUT2D eigenvalue weighted by Gasteiger charge is 2.19. The van der Waals surface area contributed by atoms with Crippen LogP contribution in [-0.2, 0) is 6.61 Å². The van der Waals surface area contributed by atoms with E-state index in [1.165, 1.54) is 30.1 Å². The number of halogens is 1. The van der Waals surface area contributed by atoms with Gasteiger partial charge in [-0.2, -0.15) is 9.78 Å². The first kappa shape index (κ1) is 31.2. The Hall–Kier alpha value is -5.22. The summed E-state index contributed by atoms with van der Waals surface area (Å²) < 4.78 is 18.4. The van der Waals surface area contributed by atoms with Crippen molar-refractivity contribution in [2.24, 2.45) is 5.10 Å². The molecule has 5 rings (SSSR count). The molecule has 0 aliphatic carbocycles. The van der Waals surface area contributed by atoms with Gasteiger partial charge in [-0.25, -0.2) is 4.98 Å². The summed E-state index contributed by atoms with van der Waals surface area (Å²) in [6.07, 6.45) is 1.50. The smallest absolute Gasteiger partial charge is 0.282 e. The largest absolute Gasteiger partial charge is 0.496 e. The van der Waals surface area contributed by atoms with Crippen LogP contribution in [0.5, 0.6) is 17.2 Å². The van der Waals surface area contributed by atoms with Crippen LogP contribution in [0.1, 0.15) is 42.0 Å². The number of nitrogens with zero attached hydrogens (tertiary/aromatic N) is 4. The molecule has 0 fully saturated rings. The molecule has 0 radical (unpaired) electrons. The van der Waals surface area contributed by atoms with Gasteiger partial charge in [0.15, 0.2) is 17.3 Å². The molecular formula is C34H31ClN4O6. The van der Waals surface area contributed by atoms with Crippen LogP contribution in [0.2, 0.25) is 5.02 Å². The van der Waals surface area contributed by atoms with Crippen molar-refractivity contribution in [2.45, 2.75) is 33.3 Å². The lowest BCUT2D eigenvalue weighted by molar-refractivity contribution is -0.384. The first-order valence-electron chi connectivity index (χ1n) is 14.1. The minimum atomic E-state index is -0.466. The minimum absolute atomic E-state index is 0.0340. The van der Waals surface area contributed by atoms with Gasteiger partial charge in [0.2, 0.25) is 0 Å². The molecule has 45 heavy (non-hydrogen) atoms. The fourth-order valence-electron chi connectivity index (χ4n) is 4.97. The van der Waals surface area contributed by atoms with E-state index in [0.29, 0.717) is 33.6 Å². The lowest BCUT2D eigenvalue weighted by Gasteiger charge is -2.17. The number of aromatic nitrogens is 2. The zero-order chi connectivity index (χ0) is 32.2. The van der Waals surface area contributed by atoms with Gasteiger partial charge < -0.3 is 14.2 Å². The summed E-state index contributed by atoms with van der Waals surface area (Å²) in [7, 11) is 3.11. The fourth-order valence-corrected chi connectivity index (χ4v) is 5.24. The Morgan fingerprint density at radius 2 is 1.78 bits per heavy atom. The number of para-hydroxylation sites is 1. The molecule has 10 nitrogen and oxygen atoms in total. The molecule has 1 aromatic heterocycles. The molecule has 0 saturated carbocycles. The molecule has 0 unspecified atom stereocenters. The van der Waals surface area contributed by atoms with E-state index < -0.39 is 4.92 Å². The van der Waals surface area contributed by atoms with Crippen molar-refractivity contribution in [3.8, 4) is 28.6 Å². The van der Waals surface area contributed by atoms with Gasteiger partial charge >= 0.3 is 0 Å². The van der Waals surface area contributed by atoms with E-state index in [1.807, 2.05) is 25.1 Å². The number of nitro groups is 1. The number of aryl methyl sites for hydroxylation is 1. The fraction of sp³-hybridized carbons (Fsp3) is 0.206. The number of nitro benzene ring substituents is 1. The van der Waals surface area contributed by atoms with Crippen molar-refractivity contribution in [2.75, 3.05) is 14.2 Å². The van der Waals surface area contributed by atoms with Gasteiger partial charge in [-0.1, -0.05) is 49.7 Å². The van der Waals surface area contributed by atoms with Crippen LogP contribution < -0.4 is 19.8 Å². The minimum Gasteiger partial charge on any atom is -0.496 e. The topological polar surface area (TPSA) is 118 Å². The Balaban J connectivity index is 1.56. The maximum atomic E-state index is 13.8. The molecule has 230 valence electrons. The van der Waals surface area contributed by atoms with Crippen LogP contribution in [0.15, 0.2) is 82.7 Å². The van der Waals surface area contributed by atoms with E-state index in [2.05, 4.69) is 18.9 Å². The van der Waals surface area contributed by atoms with E-state index in [4.69, 9.17) is 30.8 Å². The Bertz CT molecular complexity index is 2000. The van der Waals surface area contributed by atoms with Crippen LogP contribution in [0.25, 0.3) is 22.3 Å². The number of methoxy groups -OCH3 is 2. The maximum Gasteiger partial charge on any atom is 0.282 e. The second-order valence-corrected chi connectivity index (χ2v) is 11.0. The van der Waals surface area contributed by atoms with Crippen LogP contribution in [0, 0.1) is 17.0 Å². The van der Waals surface area contributed by atoms with Gasteiger partial charge in [0.25, 0.3) is 11.2 Å². The Kier molecular flexibility index (Phi) is 9.15. The van der Waals surface area contributed by atoms with E-state index >= 15 is 0 Å². The summed E-state index contributed by atoms with van der Waals surface area (Å²) in [6, 6.07) is 20.5. The lowest BCUT2D eigenvalue weighted by atomic mass is 9.96. The van der Waals surface area contributed by atoms with Gasteiger partial charge in [-0.15, -0.1) is 0 Å². The number of fused-ring (bicyclic) bond motifs is 1. The van der Waals surface area contributed by atoms with Crippen molar-refractivity contribution in [1.29, 1.82) is 0 Å². The summed E-state index contributed by atoms with van der Waals surface area (Å²) in [5.74, 6) is 1.90. The molecule has 5 aromatic rings. The Labute approximate surface area is 264 Å². The molecule has 0 spiro atoms. The third-order valence-electron chi connectivity index (χ3n) is 7.27. The summed E-state index contributed by atoms with van der Waals surface area (Å²) in [5, 5.41) is 16.4. The quantitative estimate of drug-likeness (QED) is 0.0893. The molecule has 0 aliphatic heterocycles. The normalized spacial score (nSPS) is 11.4. The Morgan fingerprint density at radius 3 is 2.49 bits per heavy atom. The average molecular weight is 627 g/mol. The highest BCUT2D eigenvalue weighted by Crippen LogP contribution is 2.37. The monoisotopic (exact) mass is 626 g/mol. The molecule has 0 aliphatic rings. The highest BCUT2D eigenvalue weighted by atomic mass is 35.5. The van der Waals surface area contributed by atoms with E-state index in [1.54, 1.807) is 49.6 Å². The molecule has 0 amide bonds. The van der Waals surface area contributed by atoms with Crippen LogP contribution >= 0.6 is 11.6 Å². The van der Waals surface area contributed by atoms with Crippen LogP contribution in [-0.4, -0.2) is 35.0 Å². The molecule has 0 bridgehead atoms. The van der Waals surface area contributed by atoms with Gasteiger partial charge in [0.05, 0.1) is 41.3 Å². The predicted molar refractivity (Wildman–Crippen MR) is 175 cm³/mol. The second-order valence-electron chi connectivity index (χ2n) is 10.6. The summed E-state index contributed by atoms with van der Waals surface area (Å²) in [4.78, 5) is 29.3. The summed E-state index contributed by atoms with van der Waals surface area (Å²) >= 11 is 6.61. The van der Waals surface area contributed by atoms with E-state index in [0.717, 1.165) is 22.4 Å². The summed E-state index contributed by atoms with van der Waals surface area (Å²) in [5.41, 5.74) is 3.93. The summed E-state index contributed by atoms with van der Waals surface area (Å²) in [6.45, 7) is 6.12. The maximum absolute atomic E-state index is 13.8. The van der Waals surface area contributed by atoms with Gasteiger partial charge in [0.1, 0.15) is 12.4 Å². The number of hydrogen-bond acceptors (Lipinski definition) is 8. The molecular weight excluding hydrogens is 596 g/mol. The van der Waals surface area contributed by atoms with Gasteiger partial charge in [-0.3, -0.25) is 14.9 Å². The van der Waals surface area contributed by atoms with Crippen molar-refractivity contribution < 1.29 is 19.1 Å². The van der Waals surface area contributed by atoms with Crippen molar-refractivity contribution in [3.05, 3.63) is 121 Å². The van der Waals surface area contributed by atoms with Gasteiger partial charge in [0, 0.05) is 17.7 Å². The third kappa shape index (κ3) is 6.51. The predicted octanol–water partition coefficient (Wildman–Crippen LogP) is 7.54. The molecule has 4 aromatic carbocycles. The van der Waals surface area contributed by atoms with E-state index in [9.17, 15) is 14.9 Å². The SMILES string of the molecule is COc1cc(C)c(-c2nc3ccccc3c(=O)n2N=Cc2cc(Cl)c(OCc3cccc([N+](=O)[O-])c3)c(OC)c2)cc1C(C)C. The molecule has 0 N–H and O–H groups in total. The third-order valence-corrected chi connectivity index (χ3v) is 7.55. The van der Waals surface area contributed by atoms with Crippen molar-refractivity contribution in [3.63, 3.8) is 0 Å². The highest BCUT2D eigenvalue weighted by molar-refractivity contribution is 6.32. The molecule has 0 atom stereocenters. The first-order valence-corrected chi connectivity index (χ1v) is 14.5. The van der Waals surface area contributed by atoms with Crippen LogP contribution in [0.4, 0.5) is 5.69 Å². The number of hydrogen-bond donors (Lipinski definition) is 0. The first-order chi connectivity index (χ1) is 21.6. The van der Waals surface area contributed by atoms with Crippen molar-refractivity contribution in [1.82, 2.24) is 9.66 Å². The average Bonchev–Trinajstić information content (AvgIpc) is 3.03. The zero-order valence-corrected chi connectivity index (χ0v) is 26.2. The molecule has 11 heteroatoms. The number of benzene rings is 4. The van der Waals surface area contributed by atoms with Gasteiger partial charge in [-0.05, 0) is 71.5 Å². The van der Waals surface area contributed by atoms with Crippen LogP contribution in [0.3, 0.4) is 0 Å². The number of ether oxygens (including phenoxy) is 3. The number of non-ortho nitro benzene ring substituents is 1. The molecule has 0 saturated heterocycles. The second kappa shape index (κ2) is 13.2.